The fraction of sp³-hybridized carbons (Fsp3) is 0.545. The Labute approximate surface area is 175 Å². The summed E-state index contributed by atoms with van der Waals surface area (Å²) in [7, 11) is 1.58. The molecular formula is C22H29NO7. The fourth-order valence-electron chi connectivity index (χ4n) is 4.24. The first-order valence-corrected chi connectivity index (χ1v) is 10.2. The van der Waals surface area contributed by atoms with Gasteiger partial charge in [0.05, 0.1) is 25.3 Å². The van der Waals surface area contributed by atoms with Gasteiger partial charge in [0.2, 0.25) is 0 Å². The van der Waals surface area contributed by atoms with Gasteiger partial charge in [0.25, 0.3) is 0 Å². The Kier molecular flexibility index (Phi) is 7.70. The minimum atomic E-state index is -0.916. The van der Waals surface area contributed by atoms with E-state index in [0.29, 0.717) is 30.3 Å². The van der Waals surface area contributed by atoms with E-state index in [-0.39, 0.29) is 31.5 Å². The maximum absolute atomic E-state index is 10.5. The largest absolute Gasteiger partial charge is 0.497 e. The molecule has 0 amide bonds. The van der Waals surface area contributed by atoms with Crippen molar-refractivity contribution in [1.29, 1.82) is 0 Å². The molecule has 8 nitrogen and oxygen atoms in total. The highest BCUT2D eigenvalue weighted by molar-refractivity contribution is 5.86. The lowest BCUT2D eigenvalue weighted by molar-refractivity contribution is -0.138. The molecule has 2 aliphatic rings. The van der Waals surface area contributed by atoms with Gasteiger partial charge in [-0.1, -0.05) is 23.4 Å². The summed E-state index contributed by atoms with van der Waals surface area (Å²) in [4.78, 5) is 15.6. The number of aliphatic hydroxyl groups excluding tert-OH is 2. The number of nitrogens with zero attached hydrogens (tertiary/aromatic N) is 1. The van der Waals surface area contributed by atoms with Crippen molar-refractivity contribution in [2.75, 3.05) is 20.3 Å². The average Bonchev–Trinajstić information content (AvgIpc) is 3.24. The van der Waals surface area contributed by atoms with Crippen molar-refractivity contribution in [3.05, 3.63) is 36.4 Å². The lowest BCUT2D eigenvalue weighted by Crippen LogP contribution is -2.20. The van der Waals surface area contributed by atoms with Crippen LogP contribution in [0.3, 0.4) is 0 Å². The van der Waals surface area contributed by atoms with E-state index in [9.17, 15) is 15.0 Å². The first kappa shape index (κ1) is 22.1. The van der Waals surface area contributed by atoms with E-state index in [1.54, 1.807) is 25.3 Å². The Bertz CT molecular complexity index is 779. The van der Waals surface area contributed by atoms with Crippen molar-refractivity contribution in [3.8, 4) is 11.5 Å². The molecule has 3 rings (SSSR count). The van der Waals surface area contributed by atoms with Crippen molar-refractivity contribution in [1.82, 2.24) is 0 Å². The number of methoxy groups -OCH3 is 1. The van der Waals surface area contributed by atoms with Gasteiger partial charge >= 0.3 is 5.97 Å². The van der Waals surface area contributed by atoms with Crippen LogP contribution in [0, 0.1) is 17.8 Å². The second-order valence-corrected chi connectivity index (χ2v) is 7.79. The van der Waals surface area contributed by atoms with Crippen LogP contribution in [-0.2, 0) is 9.63 Å². The van der Waals surface area contributed by atoms with Gasteiger partial charge in [0, 0.05) is 12.0 Å². The minimum absolute atomic E-state index is 0.0552. The summed E-state index contributed by atoms with van der Waals surface area (Å²) in [5.41, 5.74) is 0.905. The molecular weight excluding hydrogens is 390 g/mol. The predicted octanol–water partition coefficient (Wildman–Crippen LogP) is 2.25. The summed E-state index contributed by atoms with van der Waals surface area (Å²) in [5, 5.41) is 33.4. The molecule has 3 N–H and O–H groups in total. The van der Waals surface area contributed by atoms with E-state index in [1.165, 1.54) is 0 Å². The third-order valence-electron chi connectivity index (χ3n) is 5.68. The van der Waals surface area contributed by atoms with Crippen LogP contribution in [0.2, 0.25) is 0 Å². The molecule has 0 aliphatic heterocycles. The zero-order valence-electron chi connectivity index (χ0n) is 17.0. The first-order valence-electron chi connectivity index (χ1n) is 10.2. The maximum Gasteiger partial charge on any atom is 0.306 e. The van der Waals surface area contributed by atoms with Gasteiger partial charge < -0.3 is 29.6 Å². The topological polar surface area (TPSA) is 118 Å². The number of aliphatic carboxylic acids is 1. The van der Waals surface area contributed by atoms with Gasteiger partial charge in [-0.3, -0.25) is 4.79 Å². The third kappa shape index (κ3) is 5.96. The number of oxime groups is 1. The molecule has 2 fully saturated rings. The monoisotopic (exact) mass is 419 g/mol. The van der Waals surface area contributed by atoms with Crippen LogP contribution in [0.5, 0.6) is 11.5 Å². The summed E-state index contributed by atoms with van der Waals surface area (Å²) in [5.74, 6) is 0.880. The molecule has 5 atom stereocenters. The Morgan fingerprint density at radius 2 is 2.13 bits per heavy atom. The highest BCUT2D eigenvalue weighted by Crippen LogP contribution is 2.47. The lowest BCUT2D eigenvalue weighted by Gasteiger charge is -2.17. The molecule has 0 heterocycles. The zero-order chi connectivity index (χ0) is 21.5. The third-order valence-corrected chi connectivity index (χ3v) is 5.68. The van der Waals surface area contributed by atoms with E-state index in [1.807, 2.05) is 18.2 Å². The summed E-state index contributed by atoms with van der Waals surface area (Å²) < 4.78 is 10.8. The number of fused-ring (bicyclic) bond motifs is 1. The highest BCUT2D eigenvalue weighted by Gasteiger charge is 2.46. The highest BCUT2D eigenvalue weighted by atomic mass is 16.6. The van der Waals surface area contributed by atoms with Gasteiger partial charge in [-0.05, 0) is 43.2 Å². The molecule has 8 heteroatoms. The molecule has 0 bridgehead atoms. The Morgan fingerprint density at radius 3 is 2.90 bits per heavy atom. The van der Waals surface area contributed by atoms with Crippen LogP contribution in [0.1, 0.15) is 25.7 Å². The second-order valence-electron chi connectivity index (χ2n) is 7.79. The number of aliphatic hydroxyl groups is 2. The Hall–Kier alpha value is -2.58. The van der Waals surface area contributed by atoms with Crippen LogP contribution in [-0.4, -0.2) is 59.5 Å². The number of carboxylic acids is 1. The standard InChI is InChI=1S/C22H29NO7/c1-28-17-3-2-4-18(12-17)29-13-16(24)5-6-19-20-11-15(9-14(20)10-21(19)25)23-30-8-7-22(26)27/h2-6,12,14,16,19-21,24-25H,7-11,13H2,1H3,(H,26,27)/t14-,16?,19+,20+,21+/m0/s1. The predicted molar refractivity (Wildman–Crippen MR) is 110 cm³/mol. The number of benzene rings is 1. The van der Waals surface area contributed by atoms with E-state index in [2.05, 4.69) is 5.16 Å². The quantitative estimate of drug-likeness (QED) is 0.302. The average molecular weight is 419 g/mol. The molecule has 2 saturated carbocycles. The minimum Gasteiger partial charge on any atom is -0.497 e. The summed E-state index contributed by atoms with van der Waals surface area (Å²) in [6.45, 7) is 0.157. The van der Waals surface area contributed by atoms with Crippen molar-refractivity contribution >= 4 is 11.7 Å². The van der Waals surface area contributed by atoms with Crippen LogP contribution in [0.25, 0.3) is 0 Å². The van der Waals surface area contributed by atoms with Crippen LogP contribution in [0.15, 0.2) is 41.6 Å². The van der Waals surface area contributed by atoms with E-state index in [4.69, 9.17) is 19.4 Å². The zero-order valence-corrected chi connectivity index (χ0v) is 17.0. The molecule has 1 aromatic carbocycles. The van der Waals surface area contributed by atoms with Crippen LogP contribution in [0.4, 0.5) is 0 Å². The lowest BCUT2D eigenvalue weighted by atomic mass is 9.90. The summed E-state index contributed by atoms with van der Waals surface area (Å²) in [6, 6.07) is 7.18. The molecule has 1 unspecified atom stereocenters. The van der Waals surface area contributed by atoms with Crippen molar-refractivity contribution in [3.63, 3.8) is 0 Å². The number of ether oxygens (including phenoxy) is 2. The van der Waals surface area contributed by atoms with Crippen molar-refractivity contribution < 1.29 is 34.4 Å². The van der Waals surface area contributed by atoms with Crippen molar-refractivity contribution in [2.45, 2.75) is 37.9 Å². The van der Waals surface area contributed by atoms with Gasteiger partial charge in [0.1, 0.15) is 30.8 Å². The summed E-state index contributed by atoms with van der Waals surface area (Å²) in [6.07, 6.45) is 4.38. The molecule has 1 aromatic rings. The number of carbonyl (C=O) groups is 1. The number of hydrogen-bond donors (Lipinski definition) is 3. The normalized spacial score (nSPS) is 27.9. The van der Waals surface area contributed by atoms with Gasteiger partial charge in [0.15, 0.2) is 0 Å². The molecule has 30 heavy (non-hydrogen) atoms. The smallest absolute Gasteiger partial charge is 0.306 e. The Balaban J connectivity index is 1.49. The van der Waals surface area contributed by atoms with Crippen LogP contribution >= 0.6 is 0 Å². The second kappa shape index (κ2) is 10.4. The number of rotatable bonds is 10. The number of hydrogen-bond acceptors (Lipinski definition) is 7. The molecule has 2 aliphatic carbocycles. The molecule has 0 saturated heterocycles. The molecule has 0 aromatic heterocycles. The van der Waals surface area contributed by atoms with E-state index < -0.39 is 18.2 Å². The Morgan fingerprint density at radius 1 is 1.33 bits per heavy atom. The summed E-state index contributed by atoms with van der Waals surface area (Å²) >= 11 is 0. The fourth-order valence-corrected chi connectivity index (χ4v) is 4.24. The molecule has 0 spiro atoms. The molecule has 0 radical (unpaired) electrons. The molecule has 164 valence electrons. The van der Waals surface area contributed by atoms with Gasteiger partial charge in [-0.15, -0.1) is 0 Å². The van der Waals surface area contributed by atoms with Gasteiger partial charge in [-0.2, -0.15) is 0 Å². The van der Waals surface area contributed by atoms with Gasteiger partial charge in [-0.25, -0.2) is 0 Å². The SMILES string of the molecule is COc1cccc(OCC(O)C=C[C@@H]2[C@@H]3CC(=NOCCC(=O)O)C[C@H]3C[C@H]2O)c1. The van der Waals surface area contributed by atoms with Crippen molar-refractivity contribution in [2.24, 2.45) is 22.9 Å². The van der Waals surface area contributed by atoms with E-state index >= 15 is 0 Å². The first-order chi connectivity index (χ1) is 14.5. The maximum atomic E-state index is 10.5. The number of carboxylic acid groups (broad SMARTS) is 1. The van der Waals surface area contributed by atoms with Crippen LogP contribution < -0.4 is 9.47 Å². The van der Waals surface area contributed by atoms with E-state index in [0.717, 1.165) is 12.1 Å².